The largest absolute Gasteiger partial charge is 0.508 e. The maximum absolute atomic E-state index is 12.8. The molecule has 2 saturated heterocycles. The van der Waals surface area contributed by atoms with Gasteiger partial charge < -0.3 is 10.0 Å². The van der Waals surface area contributed by atoms with Crippen LogP contribution < -0.4 is 0 Å². The molecule has 0 aromatic heterocycles. The van der Waals surface area contributed by atoms with Crippen LogP contribution in [0.4, 0.5) is 0 Å². The highest BCUT2D eigenvalue weighted by Gasteiger charge is 2.30. The van der Waals surface area contributed by atoms with Crippen LogP contribution in [0.5, 0.6) is 5.75 Å². The molecule has 2 fully saturated rings. The highest BCUT2D eigenvalue weighted by molar-refractivity contribution is 5.81. The lowest BCUT2D eigenvalue weighted by Gasteiger charge is -2.37. The molecule has 0 unspecified atom stereocenters. The van der Waals surface area contributed by atoms with E-state index in [0.29, 0.717) is 17.6 Å². The van der Waals surface area contributed by atoms with Crippen molar-refractivity contribution < 1.29 is 9.90 Å². The normalized spacial score (nSPS) is 22.1. The molecular formula is C20H30N2O2. The van der Waals surface area contributed by atoms with Crippen molar-refractivity contribution in [3.8, 4) is 5.75 Å². The molecule has 0 bridgehead atoms. The van der Waals surface area contributed by atoms with Gasteiger partial charge in [-0.05, 0) is 69.3 Å². The zero-order chi connectivity index (χ0) is 16.9. The number of hydrogen-bond donors (Lipinski definition) is 1. The number of likely N-dealkylation sites (tertiary alicyclic amines) is 2. The number of carbonyl (C=O) groups excluding carboxylic acids is 1. The fourth-order valence-corrected chi connectivity index (χ4v) is 4.08. The maximum Gasteiger partial charge on any atom is 0.239 e. The molecule has 4 heteroatoms. The number of amides is 1. The zero-order valence-corrected chi connectivity index (χ0v) is 14.8. The van der Waals surface area contributed by atoms with Crippen molar-refractivity contribution in [2.75, 3.05) is 26.2 Å². The zero-order valence-electron chi connectivity index (χ0n) is 14.8. The first-order chi connectivity index (χ1) is 11.6. The first kappa shape index (κ1) is 17.3. The molecule has 1 amide bonds. The average Bonchev–Trinajstić information content (AvgIpc) is 2.91. The third-order valence-electron chi connectivity index (χ3n) is 5.72. The summed E-state index contributed by atoms with van der Waals surface area (Å²) >= 11 is 0. The van der Waals surface area contributed by atoms with Gasteiger partial charge in [0.15, 0.2) is 0 Å². The molecule has 24 heavy (non-hydrogen) atoms. The lowest BCUT2D eigenvalue weighted by Crippen LogP contribution is -2.49. The Bertz CT molecular complexity index is 527. The van der Waals surface area contributed by atoms with Gasteiger partial charge in [0.1, 0.15) is 5.75 Å². The molecule has 0 saturated carbocycles. The van der Waals surface area contributed by atoms with Gasteiger partial charge in [0.2, 0.25) is 5.91 Å². The van der Waals surface area contributed by atoms with Crippen LogP contribution in [-0.2, 0) is 4.79 Å². The molecule has 1 atom stereocenters. The molecule has 0 spiro atoms. The second-order valence-corrected chi connectivity index (χ2v) is 7.32. The fourth-order valence-electron chi connectivity index (χ4n) is 4.08. The summed E-state index contributed by atoms with van der Waals surface area (Å²) in [5.74, 6) is 1.19. The van der Waals surface area contributed by atoms with Gasteiger partial charge in [0.25, 0.3) is 0 Å². The minimum Gasteiger partial charge on any atom is -0.508 e. The second kappa shape index (κ2) is 8.02. The van der Waals surface area contributed by atoms with Crippen LogP contribution in [0.2, 0.25) is 0 Å². The number of carbonyl (C=O) groups is 1. The van der Waals surface area contributed by atoms with Crippen molar-refractivity contribution in [1.29, 1.82) is 0 Å². The summed E-state index contributed by atoms with van der Waals surface area (Å²) in [7, 11) is 0. The van der Waals surface area contributed by atoms with E-state index in [1.807, 2.05) is 12.1 Å². The van der Waals surface area contributed by atoms with E-state index < -0.39 is 0 Å². The lowest BCUT2D eigenvalue weighted by molar-refractivity contribution is -0.136. The van der Waals surface area contributed by atoms with E-state index in [4.69, 9.17) is 0 Å². The van der Waals surface area contributed by atoms with Gasteiger partial charge in [-0.25, -0.2) is 0 Å². The fraction of sp³-hybridized carbons (Fsp3) is 0.650. The Kier molecular flexibility index (Phi) is 5.77. The Morgan fingerprint density at radius 3 is 2.17 bits per heavy atom. The molecule has 1 aromatic carbocycles. The van der Waals surface area contributed by atoms with Gasteiger partial charge in [0, 0.05) is 13.1 Å². The van der Waals surface area contributed by atoms with Gasteiger partial charge in [-0.3, -0.25) is 9.69 Å². The number of piperidine rings is 1. The number of rotatable bonds is 3. The van der Waals surface area contributed by atoms with E-state index in [1.165, 1.54) is 18.4 Å². The maximum atomic E-state index is 12.8. The number of phenolic OH excluding ortho intramolecular Hbond substituents is 1. The second-order valence-electron chi connectivity index (χ2n) is 7.32. The van der Waals surface area contributed by atoms with Crippen molar-refractivity contribution in [3.05, 3.63) is 29.8 Å². The summed E-state index contributed by atoms with van der Waals surface area (Å²) in [6.45, 7) is 5.91. The Balaban J connectivity index is 1.53. The van der Waals surface area contributed by atoms with E-state index in [0.717, 1.165) is 51.9 Å². The van der Waals surface area contributed by atoms with Crippen molar-refractivity contribution in [1.82, 2.24) is 9.80 Å². The van der Waals surface area contributed by atoms with Crippen molar-refractivity contribution >= 4 is 5.91 Å². The third kappa shape index (κ3) is 4.10. The van der Waals surface area contributed by atoms with Crippen molar-refractivity contribution in [2.24, 2.45) is 0 Å². The summed E-state index contributed by atoms with van der Waals surface area (Å²) < 4.78 is 0. The molecular weight excluding hydrogens is 300 g/mol. The Labute approximate surface area is 145 Å². The van der Waals surface area contributed by atoms with Crippen LogP contribution in [0.3, 0.4) is 0 Å². The van der Waals surface area contributed by atoms with Crippen LogP contribution in [0.1, 0.15) is 56.9 Å². The minimum atomic E-state index is 0.00358. The SMILES string of the molecule is C[C@H](C(=O)N1CCCCCC1)N1CCC(c2ccc(O)cc2)CC1. The standard InChI is InChI=1S/C20H30N2O2/c1-16(20(24)22-12-4-2-3-5-13-22)21-14-10-18(11-15-21)17-6-8-19(23)9-7-17/h6-9,16,18,23H,2-5,10-15H2,1H3/t16-/m1/s1. The number of phenols is 1. The predicted molar refractivity (Wildman–Crippen MR) is 96.2 cm³/mol. The van der Waals surface area contributed by atoms with Crippen molar-refractivity contribution in [2.45, 2.75) is 57.4 Å². The quantitative estimate of drug-likeness (QED) is 0.924. The van der Waals surface area contributed by atoms with Gasteiger partial charge >= 0.3 is 0 Å². The monoisotopic (exact) mass is 330 g/mol. The van der Waals surface area contributed by atoms with Crippen molar-refractivity contribution in [3.63, 3.8) is 0 Å². The molecule has 1 N–H and O–H groups in total. The number of benzene rings is 1. The van der Waals surface area contributed by atoms with Crippen LogP contribution in [-0.4, -0.2) is 53.0 Å². The first-order valence-electron chi connectivity index (χ1n) is 9.47. The predicted octanol–water partition coefficient (Wildman–Crippen LogP) is 3.36. The first-order valence-corrected chi connectivity index (χ1v) is 9.47. The van der Waals surface area contributed by atoms with E-state index in [1.54, 1.807) is 12.1 Å². The highest BCUT2D eigenvalue weighted by atomic mass is 16.3. The molecule has 4 nitrogen and oxygen atoms in total. The molecule has 132 valence electrons. The van der Waals surface area contributed by atoms with Gasteiger partial charge in [-0.2, -0.15) is 0 Å². The summed E-state index contributed by atoms with van der Waals surface area (Å²) in [5, 5.41) is 9.42. The van der Waals surface area contributed by atoms with E-state index in [2.05, 4.69) is 16.7 Å². The van der Waals surface area contributed by atoms with Crippen LogP contribution in [0.25, 0.3) is 0 Å². The van der Waals surface area contributed by atoms with Gasteiger partial charge in [-0.15, -0.1) is 0 Å². The van der Waals surface area contributed by atoms with Crippen LogP contribution in [0.15, 0.2) is 24.3 Å². The lowest BCUT2D eigenvalue weighted by atomic mass is 9.89. The molecule has 2 aliphatic rings. The molecule has 2 aliphatic heterocycles. The highest BCUT2D eigenvalue weighted by Crippen LogP contribution is 2.30. The number of aromatic hydroxyl groups is 1. The minimum absolute atomic E-state index is 0.00358. The van der Waals surface area contributed by atoms with Crippen LogP contribution >= 0.6 is 0 Å². The van der Waals surface area contributed by atoms with E-state index in [-0.39, 0.29) is 6.04 Å². The number of nitrogens with zero attached hydrogens (tertiary/aromatic N) is 2. The molecule has 3 rings (SSSR count). The summed E-state index contributed by atoms with van der Waals surface area (Å²) in [5.41, 5.74) is 1.30. The van der Waals surface area contributed by atoms with E-state index >= 15 is 0 Å². The van der Waals surface area contributed by atoms with Crippen LogP contribution in [0, 0.1) is 0 Å². The average molecular weight is 330 g/mol. The summed E-state index contributed by atoms with van der Waals surface area (Å²) in [6.07, 6.45) is 7.00. The molecule has 0 radical (unpaired) electrons. The van der Waals surface area contributed by atoms with E-state index in [9.17, 15) is 9.90 Å². The smallest absolute Gasteiger partial charge is 0.239 e. The molecule has 0 aliphatic carbocycles. The Hall–Kier alpha value is -1.55. The molecule has 2 heterocycles. The summed E-state index contributed by atoms with van der Waals surface area (Å²) in [4.78, 5) is 17.2. The molecule has 1 aromatic rings. The third-order valence-corrected chi connectivity index (χ3v) is 5.72. The topological polar surface area (TPSA) is 43.8 Å². The summed E-state index contributed by atoms with van der Waals surface area (Å²) in [6, 6.07) is 7.60. The Morgan fingerprint density at radius 1 is 1.00 bits per heavy atom. The van der Waals surface area contributed by atoms with Gasteiger partial charge in [0.05, 0.1) is 6.04 Å². The van der Waals surface area contributed by atoms with Gasteiger partial charge in [-0.1, -0.05) is 25.0 Å². The number of hydrogen-bond acceptors (Lipinski definition) is 3. The Morgan fingerprint density at radius 2 is 1.58 bits per heavy atom.